The van der Waals surface area contributed by atoms with Crippen molar-refractivity contribution in [1.29, 1.82) is 0 Å². The molecule has 3 rings (SSSR count). The second-order valence-electron chi connectivity index (χ2n) is 5.86. The van der Waals surface area contributed by atoms with Crippen LogP contribution in [0.25, 0.3) is 0 Å². The van der Waals surface area contributed by atoms with Crippen LogP contribution in [-0.2, 0) is 11.4 Å². The number of carbonyl (C=O) groups is 2. The van der Waals surface area contributed by atoms with Gasteiger partial charge in [0.2, 0.25) is 5.91 Å². The molecular formula is C18H20N4O3. The second-order valence-corrected chi connectivity index (χ2v) is 5.86. The summed E-state index contributed by atoms with van der Waals surface area (Å²) in [6.07, 6.45) is 3.49. The summed E-state index contributed by atoms with van der Waals surface area (Å²) >= 11 is 0. The minimum atomic E-state index is -0.531. The van der Waals surface area contributed by atoms with E-state index in [9.17, 15) is 9.59 Å². The smallest absolute Gasteiger partial charge is 0.315 e. The van der Waals surface area contributed by atoms with Gasteiger partial charge in [-0.3, -0.25) is 9.78 Å². The van der Waals surface area contributed by atoms with Crippen molar-refractivity contribution in [2.45, 2.75) is 25.6 Å². The number of benzene rings is 1. The van der Waals surface area contributed by atoms with Crippen molar-refractivity contribution in [1.82, 2.24) is 20.9 Å². The number of urea groups is 1. The number of pyridine rings is 1. The zero-order valence-corrected chi connectivity index (χ0v) is 13.9. The predicted molar refractivity (Wildman–Crippen MR) is 91.9 cm³/mol. The lowest BCUT2D eigenvalue weighted by Gasteiger charge is -2.17. The molecule has 1 aliphatic rings. The van der Waals surface area contributed by atoms with Gasteiger partial charge in [-0.05, 0) is 30.7 Å². The number of aromatic nitrogens is 1. The summed E-state index contributed by atoms with van der Waals surface area (Å²) < 4.78 is 5.72. The fourth-order valence-corrected chi connectivity index (χ4v) is 2.51. The Morgan fingerprint density at radius 3 is 2.80 bits per heavy atom. The molecule has 0 radical (unpaired) electrons. The summed E-state index contributed by atoms with van der Waals surface area (Å²) in [6.45, 7) is 2.65. The number of nitrogens with one attached hydrogen (secondary N) is 3. The van der Waals surface area contributed by atoms with E-state index >= 15 is 0 Å². The van der Waals surface area contributed by atoms with Crippen molar-refractivity contribution in [3.63, 3.8) is 0 Å². The zero-order valence-electron chi connectivity index (χ0n) is 13.9. The SMILES string of the molecule is C[C@@H](NC(=O)[C@H]1CNC(=O)N1)c1ccc(OCc2cccnc2)cc1. The molecule has 2 aromatic rings. The molecular weight excluding hydrogens is 320 g/mol. The van der Waals surface area contributed by atoms with Crippen LogP contribution in [0.5, 0.6) is 5.75 Å². The van der Waals surface area contributed by atoms with Gasteiger partial charge in [0.15, 0.2) is 0 Å². The summed E-state index contributed by atoms with van der Waals surface area (Å²) in [5.41, 5.74) is 1.96. The minimum absolute atomic E-state index is 0.169. The average Bonchev–Trinajstić information content (AvgIpc) is 3.08. The Hall–Kier alpha value is -3.09. The highest BCUT2D eigenvalue weighted by Crippen LogP contribution is 2.18. The summed E-state index contributed by atoms with van der Waals surface area (Å²) in [7, 11) is 0. The van der Waals surface area contributed by atoms with Crippen LogP contribution in [0.4, 0.5) is 4.79 Å². The number of amides is 3. The highest BCUT2D eigenvalue weighted by molar-refractivity contribution is 5.90. The van der Waals surface area contributed by atoms with Crippen LogP contribution in [0, 0.1) is 0 Å². The molecule has 1 aromatic heterocycles. The van der Waals surface area contributed by atoms with E-state index in [1.807, 2.05) is 43.3 Å². The van der Waals surface area contributed by atoms with Gasteiger partial charge in [-0.25, -0.2) is 4.79 Å². The first-order chi connectivity index (χ1) is 12.1. The van der Waals surface area contributed by atoms with Crippen molar-refractivity contribution in [3.8, 4) is 5.75 Å². The fraction of sp³-hybridized carbons (Fsp3) is 0.278. The lowest BCUT2D eigenvalue weighted by Crippen LogP contribution is -2.43. The van der Waals surface area contributed by atoms with Crippen molar-refractivity contribution >= 4 is 11.9 Å². The zero-order chi connectivity index (χ0) is 17.6. The first-order valence-electron chi connectivity index (χ1n) is 8.08. The first-order valence-corrected chi connectivity index (χ1v) is 8.08. The molecule has 0 aliphatic carbocycles. The van der Waals surface area contributed by atoms with E-state index in [2.05, 4.69) is 20.9 Å². The largest absolute Gasteiger partial charge is 0.489 e. The third kappa shape index (κ3) is 4.47. The maximum atomic E-state index is 12.1. The Kier molecular flexibility index (Phi) is 5.13. The van der Waals surface area contributed by atoms with Crippen molar-refractivity contribution in [3.05, 3.63) is 59.9 Å². The molecule has 2 heterocycles. The molecule has 130 valence electrons. The van der Waals surface area contributed by atoms with Gasteiger partial charge in [0.05, 0.1) is 6.04 Å². The predicted octanol–water partition coefficient (Wildman–Crippen LogP) is 1.52. The molecule has 2 atom stereocenters. The van der Waals surface area contributed by atoms with Gasteiger partial charge in [-0.1, -0.05) is 18.2 Å². The van der Waals surface area contributed by atoms with Gasteiger partial charge in [0.25, 0.3) is 0 Å². The minimum Gasteiger partial charge on any atom is -0.489 e. The van der Waals surface area contributed by atoms with Gasteiger partial charge in [-0.2, -0.15) is 0 Å². The second kappa shape index (κ2) is 7.65. The maximum absolute atomic E-state index is 12.1. The number of rotatable bonds is 6. The van der Waals surface area contributed by atoms with E-state index in [1.54, 1.807) is 12.4 Å². The molecule has 7 nitrogen and oxygen atoms in total. The molecule has 1 saturated heterocycles. The number of nitrogens with zero attached hydrogens (tertiary/aromatic N) is 1. The molecule has 1 aromatic carbocycles. The standard InChI is InChI=1S/C18H20N4O3/c1-12(21-17(23)16-10-20-18(24)22-16)14-4-6-15(7-5-14)25-11-13-3-2-8-19-9-13/h2-9,12,16H,10-11H2,1H3,(H,21,23)(H2,20,22,24)/t12-,16-/m1/s1. The topological polar surface area (TPSA) is 92.4 Å². The Morgan fingerprint density at radius 1 is 1.36 bits per heavy atom. The van der Waals surface area contributed by atoms with E-state index in [-0.39, 0.29) is 18.0 Å². The third-order valence-electron chi connectivity index (χ3n) is 3.96. The molecule has 1 aliphatic heterocycles. The van der Waals surface area contributed by atoms with Gasteiger partial charge in [-0.15, -0.1) is 0 Å². The van der Waals surface area contributed by atoms with E-state index < -0.39 is 6.04 Å². The molecule has 0 spiro atoms. The molecule has 0 bridgehead atoms. The summed E-state index contributed by atoms with van der Waals surface area (Å²) in [5.74, 6) is 0.543. The lowest BCUT2D eigenvalue weighted by molar-refractivity contribution is -0.123. The lowest BCUT2D eigenvalue weighted by atomic mass is 10.1. The number of hydrogen-bond acceptors (Lipinski definition) is 4. The Morgan fingerprint density at radius 2 is 2.16 bits per heavy atom. The molecule has 25 heavy (non-hydrogen) atoms. The fourth-order valence-electron chi connectivity index (χ4n) is 2.51. The van der Waals surface area contributed by atoms with Gasteiger partial charge in [0, 0.05) is 24.5 Å². The van der Waals surface area contributed by atoms with E-state index in [0.29, 0.717) is 13.2 Å². The Labute approximate surface area is 145 Å². The summed E-state index contributed by atoms with van der Waals surface area (Å²) in [4.78, 5) is 27.2. The third-order valence-corrected chi connectivity index (χ3v) is 3.96. The molecule has 7 heteroatoms. The van der Waals surface area contributed by atoms with Crippen LogP contribution >= 0.6 is 0 Å². The Bertz CT molecular complexity index is 734. The van der Waals surface area contributed by atoms with Crippen molar-refractivity contribution < 1.29 is 14.3 Å². The molecule has 0 unspecified atom stereocenters. The quantitative estimate of drug-likeness (QED) is 0.743. The van der Waals surface area contributed by atoms with Gasteiger partial charge >= 0.3 is 6.03 Å². The van der Waals surface area contributed by atoms with E-state index in [1.165, 1.54) is 0 Å². The van der Waals surface area contributed by atoms with E-state index in [0.717, 1.165) is 16.9 Å². The molecule has 0 saturated carbocycles. The average molecular weight is 340 g/mol. The molecule has 3 amide bonds. The van der Waals surface area contributed by atoms with Crippen molar-refractivity contribution in [2.24, 2.45) is 0 Å². The monoisotopic (exact) mass is 340 g/mol. The molecule has 1 fully saturated rings. The van der Waals surface area contributed by atoms with Crippen LogP contribution in [0.15, 0.2) is 48.8 Å². The number of carbonyl (C=O) groups excluding carboxylic acids is 2. The summed E-state index contributed by atoms with van der Waals surface area (Å²) in [6, 6.07) is 10.4. The number of ether oxygens (including phenoxy) is 1. The van der Waals surface area contributed by atoms with Crippen LogP contribution in [0.2, 0.25) is 0 Å². The van der Waals surface area contributed by atoms with Crippen LogP contribution < -0.4 is 20.7 Å². The highest BCUT2D eigenvalue weighted by atomic mass is 16.5. The highest BCUT2D eigenvalue weighted by Gasteiger charge is 2.27. The van der Waals surface area contributed by atoms with Crippen LogP contribution in [0.1, 0.15) is 24.1 Å². The number of hydrogen-bond donors (Lipinski definition) is 3. The normalized spacial score (nSPS) is 17.3. The van der Waals surface area contributed by atoms with Crippen LogP contribution in [-0.4, -0.2) is 29.5 Å². The van der Waals surface area contributed by atoms with Gasteiger partial charge < -0.3 is 20.7 Å². The summed E-state index contributed by atoms with van der Waals surface area (Å²) in [5, 5.41) is 8.02. The first kappa shape index (κ1) is 16.8. The maximum Gasteiger partial charge on any atom is 0.315 e. The van der Waals surface area contributed by atoms with Crippen molar-refractivity contribution in [2.75, 3.05) is 6.54 Å². The van der Waals surface area contributed by atoms with Gasteiger partial charge in [0.1, 0.15) is 18.4 Å². The van der Waals surface area contributed by atoms with E-state index in [4.69, 9.17) is 4.74 Å². The Balaban J connectivity index is 1.52. The molecule has 3 N–H and O–H groups in total. The van der Waals surface area contributed by atoms with Crippen LogP contribution in [0.3, 0.4) is 0 Å².